The van der Waals surface area contributed by atoms with Gasteiger partial charge in [-0.2, -0.15) is 0 Å². The number of para-hydroxylation sites is 1. The Hall–Kier alpha value is -2.57. The van der Waals surface area contributed by atoms with Crippen molar-refractivity contribution in [2.24, 2.45) is 23.7 Å². The summed E-state index contributed by atoms with van der Waals surface area (Å²) in [6, 6.07) is 6.92. The van der Waals surface area contributed by atoms with Crippen LogP contribution in [0.25, 0.3) is 0 Å². The predicted molar refractivity (Wildman–Crippen MR) is 113 cm³/mol. The summed E-state index contributed by atoms with van der Waals surface area (Å²) >= 11 is 0. The van der Waals surface area contributed by atoms with E-state index >= 15 is 0 Å². The van der Waals surface area contributed by atoms with Gasteiger partial charge >= 0.3 is 5.97 Å². The number of esters is 1. The molecule has 0 aromatic heterocycles. The van der Waals surface area contributed by atoms with Gasteiger partial charge in [-0.3, -0.25) is 9.59 Å². The monoisotopic (exact) mass is 413 g/mol. The number of hydrogen-bond donors (Lipinski definition) is 3. The Balaban J connectivity index is 1.49. The average molecular weight is 414 g/mol. The summed E-state index contributed by atoms with van der Waals surface area (Å²) in [5.74, 6) is -0.388. The molecule has 3 aliphatic carbocycles. The van der Waals surface area contributed by atoms with Crippen molar-refractivity contribution in [3.05, 3.63) is 29.8 Å². The second kappa shape index (κ2) is 7.93. The van der Waals surface area contributed by atoms with Gasteiger partial charge in [0.05, 0.1) is 12.2 Å². The Morgan fingerprint density at radius 2 is 2.00 bits per heavy atom. The first-order valence-electron chi connectivity index (χ1n) is 11.0. The Kier molecular flexibility index (Phi) is 5.47. The fraction of sp³-hybridized carbons (Fsp3) is 0.609. The van der Waals surface area contributed by atoms with Crippen molar-refractivity contribution in [1.29, 1.82) is 0 Å². The lowest BCUT2D eigenvalue weighted by atomic mass is 9.58. The maximum atomic E-state index is 13.1. The SMILES string of the molecule is CCOC(=O)C(NC(=O)C1CC2CCC1C[C@@]21NC(=O)c2ccccc2N1)C(C)C. The van der Waals surface area contributed by atoms with Crippen LogP contribution in [0.4, 0.5) is 5.69 Å². The number of anilines is 1. The first-order valence-corrected chi connectivity index (χ1v) is 11.0. The molecule has 5 rings (SSSR count). The highest BCUT2D eigenvalue weighted by atomic mass is 16.5. The third-order valence-electron chi connectivity index (χ3n) is 6.98. The van der Waals surface area contributed by atoms with Crippen molar-refractivity contribution in [3.63, 3.8) is 0 Å². The minimum Gasteiger partial charge on any atom is -0.464 e. The fourth-order valence-corrected chi connectivity index (χ4v) is 5.45. The number of ether oxygens (including phenoxy) is 1. The van der Waals surface area contributed by atoms with Crippen LogP contribution in [-0.2, 0) is 14.3 Å². The van der Waals surface area contributed by atoms with E-state index in [4.69, 9.17) is 4.74 Å². The molecule has 7 heteroatoms. The average Bonchev–Trinajstić information content (AvgIpc) is 2.72. The van der Waals surface area contributed by atoms with Gasteiger partial charge < -0.3 is 20.7 Å². The minimum atomic E-state index is -0.633. The van der Waals surface area contributed by atoms with Gasteiger partial charge in [0.25, 0.3) is 5.91 Å². The van der Waals surface area contributed by atoms with Crippen molar-refractivity contribution >= 4 is 23.5 Å². The largest absolute Gasteiger partial charge is 0.464 e. The lowest BCUT2D eigenvalue weighted by Gasteiger charge is -2.56. The summed E-state index contributed by atoms with van der Waals surface area (Å²) in [5.41, 5.74) is 1.02. The molecule has 3 fully saturated rings. The summed E-state index contributed by atoms with van der Waals surface area (Å²) in [4.78, 5) is 38.1. The quantitative estimate of drug-likeness (QED) is 0.645. The van der Waals surface area contributed by atoms with Gasteiger partial charge in [0.1, 0.15) is 11.7 Å². The molecule has 2 bridgehead atoms. The highest BCUT2D eigenvalue weighted by molar-refractivity contribution is 6.02. The predicted octanol–water partition coefficient (Wildman–Crippen LogP) is 2.68. The topological polar surface area (TPSA) is 96.5 Å². The number of fused-ring (bicyclic) bond motifs is 3. The van der Waals surface area contributed by atoms with Gasteiger partial charge in [0, 0.05) is 17.5 Å². The van der Waals surface area contributed by atoms with E-state index in [0.717, 1.165) is 18.5 Å². The summed E-state index contributed by atoms with van der Waals surface area (Å²) in [7, 11) is 0. The molecule has 162 valence electrons. The maximum absolute atomic E-state index is 13.1. The second-order valence-electron chi connectivity index (χ2n) is 9.16. The molecule has 1 aromatic carbocycles. The second-order valence-corrected chi connectivity index (χ2v) is 9.16. The molecule has 3 saturated carbocycles. The first-order chi connectivity index (χ1) is 14.3. The zero-order chi connectivity index (χ0) is 21.5. The summed E-state index contributed by atoms with van der Waals surface area (Å²) in [6.07, 6.45) is 3.33. The molecule has 5 atom stereocenters. The van der Waals surface area contributed by atoms with Crippen LogP contribution in [0.3, 0.4) is 0 Å². The van der Waals surface area contributed by atoms with Crippen LogP contribution >= 0.6 is 0 Å². The molecular formula is C23H31N3O4. The Morgan fingerprint density at radius 3 is 2.67 bits per heavy atom. The van der Waals surface area contributed by atoms with Crippen LogP contribution < -0.4 is 16.0 Å². The molecule has 1 aromatic rings. The molecule has 0 radical (unpaired) electrons. The summed E-state index contributed by atoms with van der Waals surface area (Å²) in [5, 5.41) is 9.76. The molecular weight excluding hydrogens is 382 g/mol. The van der Waals surface area contributed by atoms with Crippen LogP contribution in [0.5, 0.6) is 0 Å². The van der Waals surface area contributed by atoms with E-state index in [1.807, 2.05) is 38.1 Å². The molecule has 3 N–H and O–H groups in total. The zero-order valence-electron chi connectivity index (χ0n) is 17.9. The standard InChI is InChI=1S/C23H31N3O4/c1-4-30-22(29)19(13(2)3)24-20(27)17-11-15-10-9-14(17)12-23(15)25-18-8-6-5-7-16(18)21(28)26-23/h5-8,13-15,17,19,25H,4,9-12H2,1-3H3,(H,24,27)(H,26,28)/t14?,15?,17?,19?,23-/m1/s1. The highest BCUT2D eigenvalue weighted by Crippen LogP contribution is 2.51. The van der Waals surface area contributed by atoms with Gasteiger partial charge in [-0.1, -0.05) is 26.0 Å². The highest BCUT2D eigenvalue weighted by Gasteiger charge is 2.55. The molecule has 1 aliphatic heterocycles. The molecule has 0 saturated heterocycles. The molecule has 2 amide bonds. The summed E-state index contributed by atoms with van der Waals surface area (Å²) in [6.45, 7) is 5.87. The Labute approximate surface area is 177 Å². The van der Waals surface area contributed by atoms with Gasteiger partial charge in [0.15, 0.2) is 0 Å². The van der Waals surface area contributed by atoms with Crippen molar-refractivity contribution in [3.8, 4) is 0 Å². The van der Waals surface area contributed by atoms with Crippen LogP contribution in [0.15, 0.2) is 24.3 Å². The Morgan fingerprint density at radius 1 is 1.23 bits per heavy atom. The van der Waals surface area contributed by atoms with Crippen molar-refractivity contribution in [2.45, 2.75) is 58.2 Å². The van der Waals surface area contributed by atoms with Crippen LogP contribution in [0.1, 0.15) is 56.8 Å². The normalized spacial score (nSPS) is 30.3. The van der Waals surface area contributed by atoms with Gasteiger partial charge in [-0.05, 0) is 56.6 Å². The Bertz CT molecular complexity index is 855. The fourth-order valence-electron chi connectivity index (χ4n) is 5.45. The van der Waals surface area contributed by atoms with Gasteiger partial charge in [-0.25, -0.2) is 4.79 Å². The van der Waals surface area contributed by atoms with E-state index in [9.17, 15) is 14.4 Å². The van der Waals surface area contributed by atoms with E-state index in [1.54, 1.807) is 6.92 Å². The molecule has 1 heterocycles. The van der Waals surface area contributed by atoms with Crippen LogP contribution in [0, 0.1) is 23.7 Å². The van der Waals surface area contributed by atoms with Crippen molar-refractivity contribution < 1.29 is 19.1 Å². The number of rotatable bonds is 5. The van der Waals surface area contributed by atoms with Crippen molar-refractivity contribution in [1.82, 2.24) is 10.6 Å². The molecule has 4 unspecified atom stereocenters. The smallest absolute Gasteiger partial charge is 0.328 e. The van der Waals surface area contributed by atoms with Crippen LogP contribution in [0.2, 0.25) is 0 Å². The van der Waals surface area contributed by atoms with E-state index in [2.05, 4.69) is 16.0 Å². The molecule has 1 spiro atoms. The minimum absolute atomic E-state index is 0.0454. The van der Waals surface area contributed by atoms with E-state index in [-0.39, 0.29) is 41.5 Å². The number of nitrogens with one attached hydrogen (secondary N) is 3. The number of hydrogen-bond acceptors (Lipinski definition) is 5. The van der Waals surface area contributed by atoms with Crippen LogP contribution in [-0.4, -0.2) is 36.1 Å². The zero-order valence-corrected chi connectivity index (χ0v) is 17.9. The lowest BCUT2D eigenvalue weighted by Crippen LogP contribution is -2.68. The number of carbonyl (C=O) groups is 3. The van der Waals surface area contributed by atoms with Gasteiger partial charge in [-0.15, -0.1) is 0 Å². The number of amides is 2. The van der Waals surface area contributed by atoms with E-state index < -0.39 is 11.7 Å². The molecule has 4 aliphatic rings. The number of benzene rings is 1. The van der Waals surface area contributed by atoms with E-state index in [1.165, 1.54) is 0 Å². The third-order valence-corrected chi connectivity index (χ3v) is 6.98. The lowest BCUT2D eigenvalue weighted by molar-refractivity contribution is -0.150. The van der Waals surface area contributed by atoms with Gasteiger partial charge in [0.2, 0.25) is 5.91 Å². The summed E-state index contributed by atoms with van der Waals surface area (Å²) < 4.78 is 5.14. The molecule has 7 nitrogen and oxygen atoms in total. The number of carbonyl (C=O) groups excluding carboxylic acids is 3. The third kappa shape index (κ3) is 3.55. The maximum Gasteiger partial charge on any atom is 0.328 e. The van der Waals surface area contributed by atoms with E-state index in [0.29, 0.717) is 25.0 Å². The van der Waals surface area contributed by atoms with Crippen molar-refractivity contribution in [2.75, 3.05) is 11.9 Å². The molecule has 30 heavy (non-hydrogen) atoms. The first kappa shape index (κ1) is 20.7.